The van der Waals surface area contributed by atoms with Crippen LogP contribution in [-0.2, 0) is 6.18 Å². The van der Waals surface area contributed by atoms with E-state index >= 15 is 0 Å². The van der Waals surface area contributed by atoms with Crippen LogP contribution >= 0.6 is 0 Å². The molecule has 1 atom stereocenters. The number of hydrogen-bond acceptors (Lipinski definition) is 3. The fourth-order valence-electron chi connectivity index (χ4n) is 1.55. The Morgan fingerprint density at radius 1 is 1.47 bits per heavy atom. The van der Waals surface area contributed by atoms with Crippen molar-refractivity contribution < 1.29 is 13.2 Å². The van der Waals surface area contributed by atoms with E-state index in [1.165, 1.54) is 6.07 Å². The van der Waals surface area contributed by atoms with Crippen molar-refractivity contribution in [2.24, 2.45) is 11.7 Å². The van der Waals surface area contributed by atoms with Gasteiger partial charge in [0.1, 0.15) is 5.82 Å². The van der Waals surface area contributed by atoms with Crippen LogP contribution in [-0.4, -0.2) is 23.9 Å². The third-order valence-corrected chi connectivity index (χ3v) is 2.81. The first-order chi connectivity index (χ1) is 8.75. The minimum absolute atomic E-state index is 0.0466. The number of anilines is 1. The third kappa shape index (κ3) is 4.11. The molecule has 7 heteroatoms. The topological polar surface area (TPSA) is 66.0 Å². The summed E-state index contributed by atoms with van der Waals surface area (Å²) in [5, 5.41) is 7.33. The van der Waals surface area contributed by atoms with Crippen molar-refractivity contribution >= 4 is 11.7 Å². The van der Waals surface area contributed by atoms with Gasteiger partial charge < -0.3 is 10.6 Å². The Balaban J connectivity index is 2.85. The van der Waals surface area contributed by atoms with Gasteiger partial charge >= 0.3 is 6.18 Å². The lowest BCUT2D eigenvalue weighted by Crippen LogP contribution is -2.34. The zero-order chi connectivity index (χ0) is 14.6. The summed E-state index contributed by atoms with van der Waals surface area (Å²) in [7, 11) is 0. The fourth-order valence-corrected chi connectivity index (χ4v) is 1.55. The molecule has 1 aromatic rings. The molecule has 19 heavy (non-hydrogen) atoms. The SMILES string of the molecule is CCN(CC(C)C(=N)N)c1ccc(C(F)(F)F)cn1. The van der Waals surface area contributed by atoms with Crippen LogP contribution in [0.3, 0.4) is 0 Å². The van der Waals surface area contributed by atoms with Crippen molar-refractivity contribution in [1.82, 2.24) is 4.98 Å². The van der Waals surface area contributed by atoms with Crippen LogP contribution in [0, 0.1) is 11.3 Å². The molecule has 0 aliphatic carbocycles. The van der Waals surface area contributed by atoms with Gasteiger partial charge in [-0.3, -0.25) is 5.41 Å². The molecule has 1 aromatic heterocycles. The molecule has 0 amide bonds. The minimum Gasteiger partial charge on any atom is -0.387 e. The van der Waals surface area contributed by atoms with Crippen LogP contribution in [0.1, 0.15) is 19.4 Å². The maximum Gasteiger partial charge on any atom is 0.417 e. The second-order valence-electron chi connectivity index (χ2n) is 4.30. The number of nitrogens with two attached hydrogens (primary N) is 1. The Morgan fingerprint density at radius 3 is 2.47 bits per heavy atom. The zero-order valence-corrected chi connectivity index (χ0v) is 10.8. The number of aromatic nitrogens is 1. The Bertz CT molecular complexity index is 428. The highest BCUT2D eigenvalue weighted by atomic mass is 19.4. The number of nitrogens with one attached hydrogen (secondary N) is 1. The highest BCUT2D eigenvalue weighted by Gasteiger charge is 2.30. The molecule has 0 spiro atoms. The summed E-state index contributed by atoms with van der Waals surface area (Å²) in [6, 6.07) is 2.34. The first kappa shape index (κ1) is 15.3. The lowest BCUT2D eigenvalue weighted by atomic mass is 10.1. The number of halogens is 3. The van der Waals surface area contributed by atoms with Crippen LogP contribution < -0.4 is 10.6 Å². The molecule has 3 N–H and O–H groups in total. The smallest absolute Gasteiger partial charge is 0.387 e. The van der Waals surface area contributed by atoms with Gasteiger partial charge in [-0.2, -0.15) is 13.2 Å². The van der Waals surface area contributed by atoms with Crippen molar-refractivity contribution in [3.05, 3.63) is 23.9 Å². The number of nitrogens with zero attached hydrogens (tertiary/aromatic N) is 2. The van der Waals surface area contributed by atoms with Crippen LogP contribution in [0.15, 0.2) is 18.3 Å². The van der Waals surface area contributed by atoms with Gasteiger partial charge in [-0.1, -0.05) is 6.92 Å². The molecule has 4 nitrogen and oxygen atoms in total. The van der Waals surface area contributed by atoms with Gasteiger partial charge in [-0.05, 0) is 19.1 Å². The average molecular weight is 274 g/mol. The summed E-state index contributed by atoms with van der Waals surface area (Å²) in [5.41, 5.74) is 4.61. The normalized spacial score (nSPS) is 13.1. The molecule has 1 heterocycles. The Morgan fingerprint density at radius 2 is 2.11 bits per heavy atom. The van der Waals surface area contributed by atoms with E-state index in [0.29, 0.717) is 18.9 Å². The molecule has 0 aliphatic heterocycles. The summed E-state index contributed by atoms with van der Waals surface area (Å²) in [4.78, 5) is 5.61. The fraction of sp³-hybridized carbons (Fsp3) is 0.500. The van der Waals surface area contributed by atoms with Gasteiger partial charge in [-0.25, -0.2) is 4.98 Å². The van der Waals surface area contributed by atoms with Gasteiger partial charge in [0.25, 0.3) is 0 Å². The highest BCUT2D eigenvalue weighted by Crippen LogP contribution is 2.29. The van der Waals surface area contributed by atoms with Gasteiger partial charge in [-0.15, -0.1) is 0 Å². The first-order valence-electron chi connectivity index (χ1n) is 5.87. The maximum atomic E-state index is 12.4. The summed E-state index contributed by atoms with van der Waals surface area (Å²) in [6.07, 6.45) is -3.56. The Hall–Kier alpha value is -1.79. The van der Waals surface area contributed by atoms with Gasteiger partial charge in [0.2, 0.25) is 0 Å². The number of alkyl halides is 3. The summed E-state index contributed by atoms with van der Waals surface area (Å²) >= 11 is 0. The summed E-state index contributed by atoms with van der Waals surface area (Å²) in [6.45, 7) is 4.68. The first-order valence-corrected chi connectivity index (χ1v) is 5.87. The zero-order valence-electron chi connectivity index (χ0n) is 10.8. The number of rotatable bonds is 5. The maximum absolute atomic E-state index is 12.4. The quantitative estimate of drug-likeness (QED) is 0.640. The van der Waals surface area contributed by atoms with E-state index < -0.39 is 11.7 Å². The van der Waals surface area contributed by atoms with Crippen molar-refractivity contribution in [3.8, 4) is 0 Å². The monoisotopic (exact) mass is 274 g/mol. The van der Waals surface area contributed by atoms with E-state index in [2.05, 4.69) is 4.98 Å². The molecule has 1 rings (SSSR count). The van der Waals surface area contributed by atoms with Crippen molar-refractivity contribution in [2.45, 2.75) is 20.0 Å². The van der Waals surface area contributed by atoms with E-state index in [9.17, 15) is 13.2 Å². The minimum atomic E-state index is -4.38. The molecule has 106 valence electrons. The number of pyridine rings is 1. The molecule has 0 fully saturated rings. The van der Waals surface area contributed by atoms with E-state index in [1.54, 1.807) is 11.8 Å². The molecule has 0 saturated heterocycles. The summed E-state index contributed by atoms with van der Waals surface area (Å²) in [5.74, 6) is 0.318. The van der Waals surface area contributed by atoms with Gasteiger partial charge in [0.05, 0.1) is 11.4 Å². The largest absolute Gasteiger partial charge is 0.417 e. The Labute approximate surface area is 109 Å². The second-order valence-corrected chi connectivity index (χ2v) is 4.30. The number of hydrogen-bond donors (Lipinski definition) is 2. The molecule has 0 bridgehead atoms. The van der Waals surface area contributed by atoms with Crippen molar-refractivity contribution in [2.75, 3.05) is 18.0 Å². The van der Waals surface area contributed by atoms with Crippen molar-refractivity contribution in [1.29, 1.82) is 5.41 Å². The van der Waals surface area contributed by atoms with Gasteiger partial charge in [0.15, 0.2) is 0 Å². The lowest BCUT2D eigenvalue weighted by Gasteiger charge is -2.25. The molecular weight excluding hydrogens is 257 g/mol. The van der Waals surface area contributed by atoms with E-state index in [1.807, 2.05) is 6.92 Å². The molecule has 1 unspecified atom stereocenters. The predicted molar refractivity (Wildman–Crippen MR) is 68.2 cm³/mol. The Kier molecular flexibility index (Phi) is 4.74. The van der Waals surface area contributed by atoms with Crippen LogP contribution in [0.2, 0.25) is 0 Å². The highest BCUT2D eigenvalue weighted by molar-refractivity contribution is 5.79. The number of amidine groups is 1. The van der Waals surface area contributed by atoms with Crippen LogP contribution in [0.4, 0.5) is 19.0 Å². The van der Waals surface area contributed by atoms with E-state index in [0.717, 1.165) is 12.3 Å². The molecule has 0 radical (unpaired) electrons. The molecule has 0 saturated carbocycles. The van der Waals surface area contributed by atoms with Crippen LogP contribution in [0.5, 0.6) is 0 Å². The molecule has 0 aliphatic rings. The standard InChI is InChI=1S/C12H17F3N4/c1-3-19(7-8(2)11(16)17)10-5-4-9(6-18-10)12(13,14)15/h4-6,8H,3,7H2,1-2H3,(H3,16,17). The van der Waals surface area contributed by atoms with Crippen LogP contribution in [0.25, 0.3) is 0 Å². The van der Waals surface area contributed by atoms with Crippen molar-refractivity contribution in [3.63, 3.8) is 0 Å². The molecular formula is C12H17F3N4. The second kappa shape index (κ2) is 5.90. The predicted octanol–water partition coefficient (Wildman–Crippen LogP) is 2.50. The average Bonchev–Trinajstić information content (AvgIpc) is 2.34. The van der Waals surface area contributed by atoms with E-state index in [-0.39, 0.29) is 11.8 Å². The third-order valence-electron chi connectivity index (χ3n) is 2.81. The lowest BCUT2D eigenvalue weighted by molar-refractivity contribution is -0.137. The summed E-state index contributed by atoms with van der Waals surface area (Å²) < 4.78 is 37.3. The molecule has 0 aromatic carbocycles. The van der Waals surface area contributed by atoms with E-state index in [4.69, 9.17) is 11.1 Å². The van der Waals surface area contributed by atoms with Gasteiger partial charge in [0, 0.05) is 25.2 Å².